The molecule has 0 fully saturated rings. The number of thiazole rings is 1. The number of aryl methyl sites for hydroxylation is 1. The van der Waals surface area contributed by atoms with Gasteiger partial charge in [-0.05, 0) is 93.4 Å². The quantitative estimate of drug-likeness (QED) is 0.248. The molecule has 1 aliphatic rings. The van der Waals surface area contributed by atoms with Crippen LogP contribution in [-0.4, -0.2) is 4.98 Å². The van der Waals surface area contributed by atoms with Crippen molar-refractivity contribution in [1.82, 2.24) is 4.98 Å². The van der Waals surface area contributed by atoms with E-state index in [4.69, 9.17) is 4.98 Å². The lowest BCUT2D eigenvalue weighted by atomic mass is 9.85. The molecule has 0 saturated heterocycles. The summed E-state index contributed by atoms with van der Waals surface area (Å²) in [7, 11) is 0. The lowest BCUT2D eigenvalue weighted by Crippen LogP contribution is -1.98. The summed E-state index contributed by atoms with van der Waals surface area (Å²) in [5, 5.41) is 13.3. The van der Waals surface area contributed by atoms with Crippen LogP contribution in [0, 0.1) is 11.3 Å². The van der Waals surface area contributed by atoms with E-state index in [0.717, 1.165) is 44.8 Å². The molecule has 174 valence electrons. The first kappa shape index (κ1) is 21.7. The molecule has 0 aliphatic heterocycles. The molecule has 3 heteroatoms. The highest BCUT2D eigenvalue weighted by atomic mass is 32.1. The minimum Gasteiger partial charge on any atom is -0.236 e. The molecule has 1 aliphatic carbocycles. The number of benzene rings is 5. The maximum absolute atomic E-state index is 9.74. The van der Waals surface area contributed by atoms with E-state index in [1.165, 1.54) is 33.0 Å². The molecular weight excluding hydrogens is 468 g/mol. The Labute approximate surface area is 219 Å². The SMILES string of the molecule is N#Cc1cc(-c2ccc(-c3cc4ccccc4c4c3C=CCC4)cc2)cc(-c2nc3ccccc3s2)c1. The molecule has 5 aromatic carbocycles. The second kappa shape index (κ2) is 8.85. The van der Waals surface area contributed by atoms with E-state index in [2.05, 4.69) is 85.0 Å². The molecular formula is C34H22N2S. The number of aromatic nitrogens is 1. The number of rotatable bonds is 3. The van der Waals surface area contributed by atoms with Gasteiger partial charge in [-0.2, -0.15) is 5.26 Å². The fourth-order valence-corrected chi connectivity index (χ4v) is 6.34. The minimum absolute atomic E-state index is 0.643. The van der Waals surface area contributed by atoms with Gasteiger partial charge in [0.05, 0.1) is 21.8 Å². The maximum Gasteiger partial charge on any atom is 0.124 e. The van der Waals surface area contributed by atoms with Gasteiger partial charge < -0.3 is 0 Å². The van der Waals surface area contributed by atoms with Crippen LogP contribution >= 0.6 is 11.3 Å². The summed E-state index contributed by atoms with van der Waals surface area (Å²) in [4.78, 5) is 4.82. The third-order valence-electron chi connectivity index (χ3n) is 7.18. The van der Waals surface area contributed by atoms with E-state index in [-0.39, 0.29) is 0 Å². The van der Waals surface area contributed by atoms with Crippen molar-refractivity contribution >= 4 is 38.4 Å². The molecule has 1 aromatic heterocycles. The van der Waals surface area contributed by atoms with E-state index in [1.807, 2.05) is 30.3 Å². The van der Waals surface area contributed by atoms with Gasteiger partial charge in [-0.25, -0.2) is 4.98 Å². The van der Waals surface area contributed by atoms with Crippen LogP contribution in [0.2, 0.25) is 0 Å². The van der Waals surface area contributed by atoms with Gasteiger partial charge in [0, 0.05) is 5.56 Å². The van der Waals surface area contributed by atoms with Gasteiger partial charge in [0.25, 0.3) is 0 Å². The summed E-state index contributed by atoms with van der Waals surface area (Å²) in [5.41, 5.74) is 10.00. The average Bonchev–Trinajstić information content (AvgIpc) is 3.41. The van der Waals surface area contributed by atoms with Crippen molar-refractivity contribution in [3.05, 3.63) is 120 Å². The summed E-state index contributed by atoms with van der Waals surface area (Å²) >= 11 is 1.66. The summed E-state index contributed by atoms with van der Waals surface area (Å²) in [6, 6.07) is 36.3. The molecule has 2 nitrogen and oxygen atoms in total. The Morgan fingerprint density at radius 3 is 2.41 bits per heavy atom. The highest BCUT2D eigenvalue weighted by Gasteiger charge is 2.15. The Morgan fingerprint density at radius 2 is 1.54 bits per heavy atom. The largest absolute Gasteiger partial charge is 0.236 e. The summed E-state index contributed by atoms with van der Waals surface area (Å²) in [6.45, 7) is 0. The Balaban J connectivity index is 1.31. The molecule has 37 heavy (non-hydrogen) atoms. The minimum atomic E-state index is 0.643. The Hall–Kier alpha value is -4.52. The number of allylic oxidation sites excluding steroid dienone is 1. The zero-order chi connectivity index (χ0) is 24.8. The van der Waals surface area contributed by atoms with Crippen LogP contribution in [0.4, 0.5) is 0 Å². The van der Waals surface area contributed by atoms with Crippen LogP contribution in [0.3, 0.4) is 0 Å². The van der Waals surface area contributed by atoms with Crippen LogP contribution < -0.4 is 0 Å². The summed E-state index contributed by atoms with van der Waals surface area (Å²) in [6.07, 6.45) is 6.74. The van der Waals surface area contributed by atoms with Crippen molar-refractivity contribution in [1.29, 1.82) is 5.26 Å². The summed E-state index contributed by atoms with van der Waals surface area (Å²) in [5.74, 6) is 0. The van der Waals surface area contributed by atoms with E-state index in [1.54, 1.807) is 11.3 Å². The van der Waals surface area contributed by atoms with Crippen LogP contribution in [0.15, 0.2) is 103 Å². The lowest BCUT2D eigenvalue weighted by Gasteiger charge is -2.19. The smallest absolute Gasteiger partial charge is 0.124 e. The standard InChI is InChI=1S/C34H22N2S/c35-21-22-17-26(19-27(18-22)34-36-32-11-5-6-12-33(32)37-34)23-13-15-24(16-14-23)31-20-25-7-1-2-8-28(25)29-9-3-4-10-30(29)31/h1-2,4-8,10-20H,3,9H2. The van der Waals surface area contributed by atoms with Gasteiger partial charge in [-0.3, -0.25) is 0 Å². The van der Waals surface area contributed by atoms with Gasteiger partial charge in [0.1, 0.15) is 5.01 Å². The van der Waals surface area contributed by atoms with Crippen molar-refractivity contribution in [2.24, 2.45) is 0 Å². The first-order chi connectivity index (χ1) is 18.3. The fourth-order valence-electron chi connectivity index (χ4n) is 5.39. The second-order valence-corrected chi connectivity index (χ2v) is 10.5. The number of hydrogen-bond donors (Lipinski definition) is 0. The first-order valence-corrected chi connectivity index (χ1v) is 13.3. The molecule has 7 rings (SSSR count). The predicted octanol–water partition coefficient (Wildman–Crippen LogP) is 9.28. The zero-order valence-corrected chi connectivity index (χ0v) is 20.9. The van der Waals surface area contributed by atoms with Gasteiger partial charge in [0.2, 0.25) is 0 Å². The molecule has 1 heterocycles. The molecule has 0 N–H and O–H groups in total. The summed E-state index contributed by atoms with van der Waals surface area (Å²) < 4.78 is 1.15. The van der Waals surface area contributed by atoms with Gasteiger partial charge in [-0.1, -0.05) is 72.8 Å². The van der Waals surface area contributed by atoms with Crippen molar-refractivity contribution in [2.75, 3.05) is 0 Å². The Kier molecular flexibility index (Phi) is 5.20. The number of fused-ring (bicyclic) bond motifs is 4. The predicted molar refractivity (Wildman–Crippen MR) is 156 cm³/mol. The van der Waals surface area contributed by atoms with Gasteiger partial charge in [0.15, 0.2) is 0 Å². The molecule has 0 atom stereocenters. The molecule has 0 amide bonds. The van der Waals surface area contributed by atoms with Crippen molar-refractivity contribution in [3.8, 4) is 38.9 Å². The first-order valence-electron chi connectivity index (χ1n) is 12.5. The third kappa shape index (κ3) is 3.83. The highest BCUT2D eigenvalue weighted by molar-refractivity contribution is 7.21. The third-order valence-corrected chi connectivity index (χ3v) is 8.26. The molecule has 0 unspecified atom stereocenters. The molecule has 0 saturated carbocycles. The molecule has 0 radical (unpaired) electrons. The normalized spacial score (nSPS) is 12.5. The number of para-hydroxylation sites is 1. The Bertz CT molecular complexity index is 1850. The topological polar surface area (TPSA) is 36.7 Å². The van der Waals surface area contributed by atoms with E-state index in [0.29, 0.717) is 5.56 Å². The lowest BCUT2D eigenvalue weighted by molar-refractivity contribution is 0.998. The molecule has 0 spiro atoms. The maximum atomic E-state index is 9.74. The fraction of sp³-hybridized carbons (Fsp3) is 0.0588. The van der Waals surface area contributed by atoms with Gasteiger partial charge in [-0.15, -0.1) is 11.3 Å². The monoisotopic (exact) mass is 490 g/mol. The number of nitriles is 1. The Morgan fingerprint density at radius 1 is 0.757 bits per heavy atom. The number of hydrogen-bond acceptors (Lipinski definition) is 3. The van der Waals surface area contributed by atoms with Crippen molar-refractivity contribution in [3.63, 3.8) is 0 Å². The van der Waals surface area contributed by atoms with E-state index >= 15 is 0 Å². The van der Waals surface area contributed by atoms with Crippen LogP contribution in [0.5, 0.6) is 0 Å². The van der Waals surface area contributed by atoms with Gasteiger partial charge >= 0.3 is 0 Å². The van der Waals surface area contributed by atoms with Crippen LogP contribution in [0.1, 0.15) is 23.1 Å². The van der Waals surface area contributed by atoms with Crippen molar-refractivity contribution < 1.29 is 0 Å². The van der Waals surface area contributed by atoms with E-state index in [9.17, 15) is 5.26 Å². The molecule has 0 bridgehead atoms. The zero-order valence-electron chi connectivity index (χ0n) is 20.1. The second-order valence-electron chi connectivity index (χ2n) is 9.45. The average molecular weight is 491 g/mol. The number of nitrogens with zero attached hydrogens (tertiary/aromatic N) is 2. The van der Waals surface area contributed by atoms with Crippen molar-refractivity contribution in [2.45, 2.75) is 12.8 Å². The molecule has 6 aromatic rings. The van der Waals surface area contributed by atoms with Crippen LogP contribution in [0.25, 0.3) is 59.9 Å². The van der Waals surface area contributed by atoms with Crippen LogP contribution in [-0.2, 0) is 6.42 Å². The highest BCUT2D eigenvalue weighted by Crippen LogP contribution is 2.38. The van der Waals surface area contributed by atoms with E-state index < -0.39 is 0 Å².